The van der Waals surface area contributed by atoms with Crippen LogP contribution in [0.2, 0.25) is 0 Å². The summed E-state index contributed by atoms with van der Waals surface area (Å²) in [7, 11) is -3.69. The molecule has 0 aliphatic rings. The molecule has 6 nitrogen and oxygen atoms in total. The van der Waals surface area contributed by atoms with E-state index < -0.39 is 10.0 Å². The van der Waals surface area contributed by atoms with E-state index in [0.29, 0.717) is 31.3 Å². The van der Waals surface area contributed by atoms with Crippen molar-refractivity contribution in [2.45, 2.75) is 18.4 Å². The van der Waals surface area contributed by atoms with Gasteiger partial charge in [0, 0.05) is 12.2 Å². The molecule has 0 unspecified atom stereocenters. The third-order valence-corrected chi connectivity index (χ3v) is 4.91. The fraction of sp³-hybridized carbons (Fsp3) is 0.222. The summed E-state index contributed by atoms with van der Waals surface area (Å²) in [4.78, 5) is 0.0770. The molecule has 0 saturated carbocycles. The Labute approximate surface area is 162 Å². The molecule has 0 atom stereocenters. The minimum absolute atomic E-state index is 0.0770. The lowest BCUT2D eigenvalue weighted by Crippen LogP contribution is -2.12. The van der Waals surface area contributed by atoms with Crippen LogP contribution in [0.5, 0.6) is 11.5 Å². The van der Waals surface area contributed by atoms with Crippen molar-refractivity contribution >= 4 is 31.6 Å². The molecule has 0 amide bonds. The second-order valence-corrected chi connectivity index (χ2v) is 7.78. The van der Waals surface area contributed by atoms with Crippen molar-refractivity contribution in [1.82, 2.24) is 0 Å². The summed E-state index contributed by atoms with van der Waals surface area (Å²) >= 11 is 3.51. The van der Waals surface area contributed by atoms with E-state index in [1.54, 1.807) is 18.2 Å². The maximum Gasteiger partial charge on any atom is 0.238 e. The fourth-order valence-corrected chi connectivity index (χ4v) is 3.35. The van der Waals surface area contributed by atoms with Crippen molar-refractivity contribution in [1.29, 1.82) is 0 Å². The Morgan fingerprint density at radius 2 is 1.92 bits per heavy atom. The third-order valence-electron chi connectivity index (χ3n) is 3.39. The average molecular weight is 441 g/mol. The van der Waals surface area contributed by atoms with Crippen molar-refractivity contribution < 1.29 is 17.9 Å². The predicted molar refractivity (Wildman–Crippen MR) is 106 cm³/mol. The largest absolute Gasteiger partial charge is 0.490 e. The molecule has 0 aliphatic heterocycles. The molecule has 0 aromatic heterocycles. The molecule has 0 aliphatic carbocycles. The number of sulfonamides is 1. The fourth-order valence-electron chi connectivity index (χ4n) is 2.24. The van der Waals surface area contributed by atoms with Crippen LogP contribution in [0.1, 0.15) is 12.5 Å². The summed E-state index contributed by atoms with van der Waals surface area (Å²) < 4.78 is 34.7. The highest BCUT2D eigenvalue weighted by Crippen LogP contribution is 2.37. The van der Waals surface area contributed by atoms with Crippen LogP contribution in [0.25, 0.3) is 0 Å². The second-order valence-electron chi connectivity index (χ2n) is 5.36. The predicted octanol–water partition coefficient (Wildman–Crippen LogP) is 3.67. The third kappa shape index (κ3) is 5.48. The molecule has 0 spiro atoms. The zero-order valence-electron chi connectivity index (χ0n) is 14.4. The first-order valence-electron chi connectivity index (χ1n) is 7.90. The highest BCUT2D eigenvalue weighted by atomic mass is 79.9. The van der Waals surface area contributed by atoms with Crippen LogP contribution in [0.3, 0.4) is 0 Å². The van der Waals surface area contributed by atoms with E-state index in [1.807, 2.05) is 19.1 Å². The van der Waals surface area contributed by atoms with Gasteiger partial charge in [-0.05, 0) is 64.8 Å². The van der Waals surface area contributed by atoms with Gasteiger partial charge in [0.25, 0.3) is 0 Å². The van der Waals surface area contributed by atoms with Crippen LogP contribution >= 0.6 is 15.9 Å². The Morgan fingerprint density at radius 1 is 1.23 bits per heavy atom. The van der Waals surface area contributed by atoms with E-state index in [0.717, 1.165) is 15.7 Å². The standard InChI is InChI=1S/C18H21BrN2O4S/c1-3-9-25-18-16(19)10-13(11-17(18)24-4-2)12-21-14-5-7-15(8-6-14)26(20,22)23/h3,5-8,10-11,21H,1,4,9,12H2,2H3,(H2,20,22,23). The van der Waals surface area contributed by atoms with Crippen molar-refractivity contribution in [2.75, 3.05) is 18.5 Å². The van der Waals surface area contributed by atoms with Crippen LogP contribution < -0.4 is 19.9 Å². The zero-order chi connectivity index (χ0) is 19.2. The molecule has 2 aromatic rings. The first kappa shape index (κ1) is 20.3. The van der Waals surface area contributed by atoms with E-state index in [9.17, 15) is 8.42 Å². The lowest BCUT2D eigenvalue weighted by Gasteiger charge is -2.15. The van der Waals surface area contributed by atoms with Crippen molar-refractivity contribution in [3.63, 3.8) is 0 Å². The van der Waals surface area contributed by atoms with Crippen molar-refractivity contribution in [3.05, 3.63) is 59.1 Å². The van der Waals surface area contributed by atoms with E-state index in [-0.39, 0.29) is 4.90 Å². The molecule has 140 valence electrons. The smallest absolute Gasteiger partial charge is 0.238 e. The first-order chi connectivity index (χ1) is 12.3. The number of rotatable bonds is 9. The Morgan fingerprint density at radius 3 is 2.50 bits per heavy atom. The molecule has 0 fully saturated rings. The Balaban J connectivity index is 2.15. The number of ether oxygens (including phenoxy) is 2. The van der Waals surface area contributed by atoms with Gasteiger partial charge in [0.1, 0.15) is 6.61 Å². The minimum Gasteiger partial charge on any atom is -0.490 e. The van der Waals surface area contributed by atoms with Gasteiger partial charge in [-0.15, -0.1) is 0 Å². The highest BCUT2D eigenvalue weighted by Gasteiger charge is 2.12. The second kappa shape index (κ2) is 9.07. The summed E-state index contributed by atoms with van der Waals surface area (Å²) in [6.07, 6.45) is 1.67. The summed E-state index contributed by atoms with van der Waals surface area (Å²) in [5.74, 6) is 1.28. The van der Waals surface area contributed by atoms with Gasteiger partial charge >= 0.3 is 0 Å². The van der Waals surface area contributed by atoms with Gasteiger partial charge in [-0.25, -0.2) is 13.6 Å². The number of hydrogen-bond acceptors (Lipinski definition) is 5. The first-order valence-corrected chi connectivity index (χ1v) is 10.2. The normalized spacial score (nSPS) is 11.0. The van der Waals surface area contributed by atoms with Crippen LogP contribution in [0.15, 0.2) is 58.4 Å². The van der Waals surface area contributed by atoms with E-state index in [1.165, 1.54) is 12.1 Å². The average Bonchev–Trinajstić information content (AvgIpc) is 2.59. The van der Waals surface area contributed by atoms with E-state index in [2.05, 4.69) is 27.8 Å². The molecule has 2 aromatic carbocycles. The van der Waals surface area contributed by atoms with Gasteiger partial charge in [0.2, 0.25) is 10.0 Å². The SMILES string of the molecule is C=CCOc1c(Br)cc(CNc2ccc(S(N)(=O)=O)cc2)cc1OCC. The molecular formula is C18H21BrN2O4S. The summed E-state index contributed by atoms with van der Waals surface area (Å²) in [6, 6.07) is 10.1. The molecule has 0 heterocycles. The van der Waals surface area contributed by atoms with E-state index in [4.69, 9.17) is 14.6 Å². The molecule has 2 rings (SSSR count). The number of anilines is 1. The van der Waals surface area contributed by atoms with Crippen molar-refractivity contribution in [2.24, 2.45) is 5.14 Å². The van der Waals surface area contributed by atoms with Gasteiger partial charge in [0.15, 0.2) is 11.5 Å². The van der Waals surface area contributed by atoms with Crippen molar-refractivity contribution in [3.8, 4) is 11.5 Å². The number of nitrogens with one attached hydrogen (secondary N) is 1. The molecule has 0 radical (unpaired) electrons. The lowest BCUT2D eigenvalue weighted by molar-refractivity contribution is 0.295. The maximum atomic E-state index is 11.3. The van der Waals surface area contributed by atoms with Crippen LogP contribution in [-0.4, -0.2) is 21.6 Å². The van der Waals surface area contributed by atoms with Gasteiger partial charge in [-0.1, -0.05) is 12.7 Å². The lowest BCUT2D eigenvalue weighted by atomic mass is 10.2. The molecule has 0 saturated heterocycles. The topological polar surface area (TPSA) is 90.6 Å². The van der Waals surface area contributed by atoms with Gasteiger partial charge < -0.3 is 14.8 Å². The Kier molecular flexibility index (Phi) is 7.07. The minimum atomic E-state index is -3.69. The van der Waals surface area contributed by atoms with Crippen LogP contribution in [0, 0.1) is 0 Å². The molecule has 26 heavy (non-hydrogen) atoms. The Bertz CT molecular complexity index is 868. The molecule has 0 bridgehead atoms. The quantitative estimate of drug-likeness (QED) is 0.580. The number of primary sulfonamides is 1. The number of benzene rings is 2. The van der Waals surface area contributed by atoms with Gasteiger partial charge in [-0.2, -0.15) is 0 Å². The molecule has 3 N–H and O–H groups in total. The Hall–Kier alpha value is -2.03. The van der Waals surface area contributed by atoms with Crippen LogP contribution in [-0.2, 0) is 16.6 Å². The summed E-state index contributed by atoms with van der Waals surface area (Å²) in [6.45, 7) is 6.97. The van der Waals surface area contributed by atoms with E-state index >= 15 is 0 Å². The van der Waals surface area contributed by atoms with Crippen LogP contribution in [0.4, 0.5) is 5.69 Å². The monoisotopic (exact) mass is 440 g/mol. The summed E-state index contributed by atoms with van der Waals surface area (Å²) in [5.41, 5.74) is 1.75. The number of hydrogen-bond donors (Lipinski definition) is 2. The number of nitrogens with two attached hydrogens (primary N) is 1. The molecular weight excluding hydrogens is 420 g/mol. The summed E-state index contributed by atoms with van der Waals surface area (Å²) in [5, 5.41) is 8.33. The maximum absolute atomic E-state index is 11.3. The zero-order valence-corrected chi connectivity index (χ0v) is 16.8. The van der Waals surface area contributed by atoms with Gasteiger partial charge in [-0.3, -0.25) is 0 Å². The number of halogens is 1. The highest BCUT2D eigenvalue weighted by molar-refractivity contribution is 9.10. The van der Waals surface area contributed by atoms with Gasteiger partial charge in [0.05, 0.1) is 16.0 Å². The molecule has 8 heteroatoms.